The Labute approximate surface area is 230 Å². The van der Waals surface area contributed by atoms with Crippen LogP contribution < -0.4 is 51.4 Å². The first-order valence-electron chi connectivity index (χ1n) is 12.6. The van der Waals surface area contributed by atoms with Crippen LogP contribution in [0.2, 0.25) is 0 Å². The maximum absolute atomic E-state index is 11.6. The summed E-state index contributed by atoms with van der Waals surface area (Å²) in [5.74, 6) is 0. The van der Waals surface area contributed by atoms with E-state index in [9.17, 15) is 18.1 Å². The number of unbranched alkanes of at least 4 members (excludes halogenated alkanes) is 16. The molecule has 1 N–H and O–H groups in total. The van der Waals surface area contributed by atoms with Crippen molar-refractivity contribution < 1.29 is 69.5 Å². The first kappa shape index (κ1) is 33.7. The monoisotopic (exact) mass is 472 g/mol. The molecule has 0 heterocycles. The Bertz CT molecular complexity index is 442. The molecule has 0 amide bonds. The van der Waals surface area contributed by atoms with E-state index in [4.69, 9.17) is 0 Å². The van der Waals surface area contributed by atoms with E-state index in [1.807, 2.05) is 0 Å². The van der Waals surface area contributed by atoms with Gasteiger partial charge in [0.2, 0.25) is 0 Å². The SMILES string of the molecule is CCCCCCCCCCCCC(C(O)CCCCCCCCCC)S(=O)(=O)[O-].[K+]. The van der Waals surface area contributed by atoms with Crippen molar-refractivity contribution in [1.82, 2.24) is 0 Å². The van der Waals surface area contributed by atoms with E-state index >= 15 is 0 Å². The van der Waals surface area contributed by atoms with Gasteiger partial charge in [-0.15, -0.1) is 0 Å². The molecule has 30 heavy (non-hydrogen) atoms. The van der Waals surface area contributed by atoms with E-state index in [2.05, 4.69) is 13.8 Å². The number of hydrogen-bond acceptors (Lipinski definition) is 4. The largest absolute Gasteiger partial charge is 1.00 e. The van der Waals surface area contributed by atoms with Crippen molar-refractivity contribution in [3.05, 3.63) is 0 Å². The maximum atomic E-state index is 11.6. The van der Waals surface area contributed by atoms with E-state index in [0.717, 1.165) is 38.5 Å². The molecule has 0 fully saturated rings. The second-order valence-corrected chi connectivity index (χ2v) is 10.4. The molecule has 0 aromatic rings. The molecule has 4 nitrogen and oxygen atoms in total. The Morgan fingerprint density at radius 1 is 0.600 bits per heavy atom. The molecule has 0 spiro atoms. The van der Waals surface area contributed by atoms with Crippen molar-refractivity contribution >= 4 is 10.1 Å². The van der Waals surface area contributed by atoms with Crippen LogP contribution >= 0.6 is 0 Å². The minimum Gasteiger partial charge on any atom is -0.748 e. The van der Waals surface area contributed by atoms with Crippen LogP contribution in [0.15, 0.2) is 0 Å². The summed E-state index contributed by atoms with van der Waals surface area (Å²) in [5.41, 5.74) is 0. The number of aliphatic hydroxyl groups is 1. The van der Waals surface area contributed by atoms with Crippen LogP contribution in [0.4, 0.5) is 0 Å². The quantitative estimate of drug-likeness (QED) is 0.146. The fourth-order valence-electron chi connectivity index (χ4n) is 4.04. The second-order valence-electron chi connectivity index (χ2n) is 8.83. The summed E-state index contributed by atoms with van der Waals surface area (Å²) in [6.07, 6.45) is 20.7. The molecule has 0 aliphatic carbocycles. The van der Waals surface area contributed by atoms with Gasteiger partial charge in [-0.25, -0.2) is 8.42 Å². The molecule has 0 radical (unpaired) electrons. The van der Waals surface area contributed by atoms with Crippen molar-refractivity contribution in [3.8, 4) is 0 Å². The summed E-state index contributed by atoms with van der Waals surface area (Å²) < 4.78 is 34.8. The molecule has 0 saturated heterocycles. The number of aliphatic hydroxyl groups excluding tert-OH is 1. The summed E-state index contributed by atoms with van der Waals surface area (Å²) in [6, 6.07) is 0. The van der Waals surface area contributed by atoms with Crippen LogP contribution in [0.1, 0.15) is 142 Å². The van der Waals surface area contributed by atoms with Crippen LogP contribution in [0.25, 0.3) is 0 Å². The smallest absolute Gasteiger partial charge is 0.748 e. The Morgan fingerprint density at radius 2 is 0.900 bits per heavy atom. The Kier molecular flexibility index (Phi) is 26.6. The zero-order valence-corrected chi connectivity index (χ0v) is 24.3. The predicted octanol–water partition coefficient (Wildman–Crippen LogP) is 4.11. The zero-order chi connectivity index (χ0) is 21.8. The summed E-state index contributed by atoms with van der Waals surface area (Å²) in [6.45, 7) is 4.43. The maximum Gasteiger partial charge on any atom is 1.00 e. The zero-order valence-electron chi connectivity index (χ0n) is 20.4. The molecular formula is C24H49KO4S. The van der Waals surface area contributed by atoms with Gasteiger partial charge in [0.15, 0.2) is 0 Å². The van der Waals surface area contributed by atoms with Gasteiger partial charge in [0, 0.05) is 0 Å². The fourth-order valence-corrected chi connectivity index (χ4v) is 5.01. The van der Waals surface area contributed by atoms with Crippen LogP contribution in [0.5, 0.6) is 0 Å². The summed E-state index contributed by atoms with van der Waals surface area (Å²) in [4.78, 5) is 0. The predicted molar refractivity (Wildman–Crippen MR) is 123 cm³/mol. The van der Waals surface area contributed by atoms with Crippen molar-refractivity contribution in [2.45, 2.75) is 154 Å². The first-order valence-corrected chi connectivity index (χ1v) is 14.0. The Morgan fingerprint density at radius 3 is 1.23 bits per heavy atom. The van der Waals surface area contributed by atoms with Gasteiger partial charge < -0.3 is 9.66 Å². The van der Waals surface area contributed by atoms with E-state index < -0.39 is 21.5 Å². The molecule has 0 bridgehead atoms. The van der Waals surface area contributed by atoms with Crippen molar-refractivity contribution in [3.63, 3.8) is 0 Å². The van der Waals surface area contributed by atoms with Crippen LogP contribution in [0, 0.1) is 0 Å². The van der Waals surface area contributed by atoms with Crippen LogP contribution in [-0.4, -0.2) is 29.4 Å². The average Bonchev–Trinajstić information content (AvgIpc) is 2.67. The van der Waals surface area contributed by atoms with Crippen LogP contribution in [0.3, 0.4) is 0 Å². The molecule has 0 rings (SSSR count). The van der Waals surface area contributed by atoms with Crippen LogP contribution in [-0.2, 0) is 10.1 Å². The molecule has 176 valence electrons. The van der Waals surface area contributed by atoms with Gasteiger partial charge in [0.25, 0.3) is 0 Å². The Hall–Kier alpha value is 1.51. The number of hydrogen-bond donors (Lipinski definition) is 1. The third-order valence-corrected chi connectivity index (χ3v) is 7.29. The van der Waals surface area contributed by atoms with Gasteiger partial charge in [-0.05, 0) is 12.8 Å². The van der Waals surface area contributed by atoms with E-state index in [1.54, 1.807) is 0 Å². The second kappa shape index (κ2) is 23.7. The Balaban J connectivity index is 0. The molecular weight excluding hydrogens is 423 g/mol. The topological polar surface area (TPSA) is 77.4 Å². The first-order chi connectivity index (χ1) is 13.9. The summed E-state index contributed by atoms with van der Waals surface area (Å²) in [7, 11) is -4.43. The summed E-state index contributed by atoms with van der Waals surface area (Å²) >= 11 is 0. The van der Waals surface area contributed by atoms with E-state index in [-0.39, 0.29) is 51.4 Å². The number of rotatable bonds is 22. The molecule has 0 aromatic carbocycles. The van der Waals surface area contributed by atoms with Gasteiger partial charge in [0.1, 0.15) is 10.1 Å². The van der Waals surface area contributed by atoms with Gasteiger partial charge in [-0.1, -0.05) is 129 Å². The van der Waals surface area contributed by atoms with Crippen molar-refractivity contribution in [2.24, 2.45) is 0 Å². The van der Waals surface area contributed by atoms with Crippen molar-refractivity contribution in [2.75, 3.05) is 0 Å². The average molecular weight is 473 g/mol. The minimum absolute atomic E-state index is 0. The fraction of sp³-hybridized carbons (Fsp3) is 1.00. The minimum atomic E-state index is -4.43. The molecule has 0 saturated carbocycles. The van der Waals surface area contributed by atoms with Gasteiger partial charge in [-0.3, -0.25) is 0 Å². The van der Waals surface area contributed by atoms with Gasteiger partial charge >= 0.3 is 51.4 Å². The molecule has 0 aliphatic rings. The van der Waals surface area contributed by atoms with E-state index in [1.165, 1.54) is 77.0 Å². The third kappa shape index (κ3) is 21.4. The molecule has 6 heteroatoms. The molecule has 0 aromatic heterocycles. The summed E-state index contributed by atoms with van der Waals surface area (Å²) in [5, 5.41) is 9.16. The molecule has 2 unspecified atom stereocenters. The third-order valence-electron chi connectivity index (χ3n) is 6.00. The van der Waals surface area contributed by atoms with Crippen molar-refractivity contribution in [1.29, 1.82) is 0 Å². The van der Waals surface area contributed by atoms with Gasteiger partial charge in [0.05, 0.1) is 11.4 Å². The molecule has 2 atom stereocenters. The molecule has 0 aliphatic heterocycles. The standard InChI is InChI=1S/C24H50O4S.K/c1-3-5-7-9-11-13-14-16-18-20-22-24(29(26,27)28)23(25)21-19-17-15-12-10-8-6-4-2;/h23-25H,3-22H2,1-2H3,(H,26,27,28);/q;+1/p-1. The normalized spacial score (nSPS) is 13.7. The van der Waals surface area contributed by atoms with E-state index in [0.29, 0.717) is 12.8 Å². The van der Waals surface area contributed by atoms with Gasteiger partial charge in [-0.2, -0.15) is 0 Å².